The van der Waals surface area contributed by atoms with E-state index in [-0.39, 0.29) is 17.9 Å². The first-order chi connectivity index (χ1) is 9.61. The van der Waals surface area contributed by atoms with E-state index in [0.717, 1.165) is 42.3 Å². The lowest BCUT2D eigenvalue weighted by molar-refractivity contribution is -0.145. The van der Waals surface area contributed by atoms with Crippen LogP contribution >= 0.6 is 15.9 Å². The number of hydrogen-bond donors (Lipinski definition) is 1. The van der Waals surface area contributed by atoms with Crippen molar-refractivity contribution < 1.29 is 14.6 Å². The number of aromatic nitrogens is 1. The van der Waals surface area contributed by atoms with Crippen molar-refractivity contribution in [3.05, 3.63) is 28.5 Å². The third kappa shape index (κ3) is 3.79. The van der Waals surface area contributed by atoms with Gasteiger partial charge in [-0.2, -0.15) is 0 Å². The van der Waals surface area contributed by atoms with E-state index in [1.165, 1.54) is 0 Å². The summed E-state index contributed by atoms with van der Waals surface area (Å²) in [5, 5.41) is 9.34. The van der Waals surface area contributed by atoms with Gasteiger partial charge < -0.3 is 9.84 Å². The molecule has 110 valence electrons. The number of carboxylic acid groups (broad SMARTS) is 1. The summed E-state index contributed by atoms with van der Waals surface area (Å²) in [6, 6.07) is 3.86. The molecule has 1 aliphatic rings. The van der Waals surface area contributed by atoms with E-state index in [2.05, 4.69) is 20.9 Å². The van der Waals surface area contributed by atoms with Crippen LogP contribution in [-0.4, -0.2) is 23.2 Å². The average molecular weight is 342 g/mol. The second kappa shape index (κ2) is 7.18. The van der Waals surface area contributed by atoms with Gasteiger partial charge in [0.15, 0.2) is 0 Å². The number of carbonyl (C=O) groups is 1. The highest BCUT2D eigenvalue weighted by Gasteiger charge is 2.33. The molecule has 0 spiro atoms. The Morgan fingerprint density at radius 2 is 2.25 bits per heavy atom. The van der Waals surface area contributed by atoms with Gasteiger partial charge in [-0.3, -0.25) is 9.78 Å². The lowest BCUT2D eigenvalue weighted by Gasteiger charge is -2.30. The zero-order valence-corrected chi connectivity index (χ0v) is 13.2. The zero-order valence-electron chi connectivity index (χ0n) is 11.6. The molecule has 1 N–H and O–H groups in total. The van der Waals surface area contributed by atoms with E-state index < -0.39 is 5.97 Å². The van der Waals surface area contributed by atoms with Crippen molar-refractivity contribution in [3.63, 3.8) is 0 Å². The van der Waals surface area contributed by atoms with Crippen LogP contribution in [0.5, 0.6) is 0 Å². The summed E-state index contributed by atoms with van der Waals surface area (Å²) in [7, 11) is 1.66. The SMILES string of the molecule is COC(CC1CCCCC1C(=O)O)c1ccc(Br)cn1. The van der Waals surface area contributed by atoms with Crippen molar-refractivity contribution in [3.8, 4) is 0 Å². The monoisotopic (exact) mass is 341 g/mol. The second-order valence-electron chi connectivity index (χ2n) is 5.35. The third-order valence-electron chi connectivity index (χ3n) is 4.11. The van der Waals surface area contributed by atoms with Crippen LogP contribution in [0.15, 0.2) is 22.8 Å². The highest BCUT2D eigenvalue weighted by atomic mass is 79.9. The van der Waals surface area contributed by atoms with E-state index in [4.69, 9.17) is 4.74 Å². The van der Waals surface area contributed by atoms with Crippen LogP contribution in [0.3, 0.4) is 0 Å². The minimum absolute atomic E-state index is 0.131. The van der Waals surface area contributed by atoms with Crippen molar-refractivity contribution in [2.24, 2.45) is 11.8 Å². The Balaban J connectivity index is 2.08. The van der Waals surface area contributed by atoms with Crippen LogP contribution in [0.25, 0.3) is 0 Å². The normalized spacial score (nSPS) is 24.3. The molecule has 1 aromatic rings. The molecule has 0 amide bonds. The van der Waals surface area contributed by atoms with Gasteiger partial charge in [-0.05, 0) is 53.2 Å². The molecule has 20 heavy (non-hydrogen) atoms. The van der Waals surface area contributed by atoms with Gasteiger partial charge in [0, 0.05) is 17.8 Å². The third-order valence-corrected chi connectivity index (χ3v) is 4.58. The summed E-state index contributed by atoms with van der Waals surface area (Å²) in [6.07, 6.45) is 6.21. The number of nitrogens with zero attached hydrogens (tertiary/aromatic N) is 1. The average Bonchev–Trinajstić information content (AvgIpc) is 2.46. The van der Waals surface area contributed by atoms with E-state index in [1.54, 1.807) is 13.3 Å². The van der Waals surface area contributed by atoms with Crippen molar-refractivity contribution in [2.75, 3.05) is 7.11 Å². The smallest absolute Gasteiger partial charge is 0.306 e. The molecule has 0 saturated heterocycles. The molecule has 1 aromatic heterocycles. The van der Waals surface area contributed by atoms with Crippen LogP contribution in [0, 0.1) is 11.8 Å². The van der Waals surface area contributed by atoms with Crippen molar-refractivity contribution in [1.29, 1.82) is 0 Å². The summed E-state index contributed by atoms with van der Waals surface area (Å²) in [4.78, 5) is 15.7. The first-order valence-corrected chi connectivity index (χ1v) is 7.78. The fourth-order valence-electron chi connectivity index (χ4n) is 3.01. The first-order valence-electron chi connectivity index (χ1n) is 6.99. The quantitative estimate of drug-likeness (QED) is 0.884. The molecule has 2 rings (SSSR count). The van der Waals surface area contributed by atoms with Crippen molar-refractivity contribution in [2.45, 2.75) is 38.2 Å². The van der Waals surface area contributed by atoms with Crippen LogP contribution in [0.2, 0.25) is 0 Å². The molecule has 0 bridgehead atoms. The highest BCUT2D eigenvalue weighted by Crippen LogP contribution is 2.37. The molecule has 0 radical (unpaired) electrons. The summed E-state index contributed by atoms with van der Waals surface area (Å²) < 4.78 is 6.46. The molecular weight excluding hydrogens is 322 g/mol. The topological polar surface area (TPSA) is 59.4 Å². The number of aliphatic carboxylic acids is 1. The summed E-state index contributed by atoms with van der Waals surface area (Å²) in [5.41, 5.74) is 0.866. The molecular formula is C15H20BrNO3. The molecule has 3 unspecified atom stereocenters. The number of halogens is 1. The summed E-state index contributed by atoms with van der Waals surface area (Å²) in [6.45, 7) is 0. The predicted octanol–water partition coefficient (Wildman–Crippen LogP) is 3.81. The van der Waals surface area contributed by atoms with Crippen molar-refractivity contribution in [1.82, 2.24) is 4.98 Å². The molecule has 1 fully saturated rings. The maximum absolute atomic E-state index is 11.4. The predicted molar refractivity (Wildman–Crippen MR) is 79.4 cm³/mol. The van der Waals surface area contributed by atoms with Crippen LogP contribution < -0.4 is 0 Å². The molecule has 1 heterocycles. The van der Waals surface area contributed by atoms with E-state index in [1.807, 2.05) is 12.1 Å². The van der Waals surface area contributed by atoms with E-state index >= 15 is 0 Å². The van der Waals surface area contributed by atoms with Gasteiger partial charge in [-0.25, -0.2) is 0 Å². The first kappa shape index (κ1) is 15.4. The number of ether oxygens (including phenoxy) is 1. The van der Waals surface area contributed by atoms with Gasteiger partial charge in [0.25, 0.3) is 0 Å². The molecule has 4 nitrogen and oxygen atoms in total. The Bertz CT molecular complexity index is 449. The van der Waals surface area contributed by atoms with Gasteiger partial charge in [-0.15, -0.1) is 0 Å². The standard InChI is InChI=1S/C15H20BrNO3/c1-20-14(13-7-6-11(16)9-17-13)8-10-4-2-3-5-12(10)15(18)19/h6-7,9-10,12,14H,2-5,8H2,1H3,(H,18,19). The van der Waals surface area contributed by atoms with Gasteiger partial charge in [0.1, 0.15) is 0 Å². The maximum Gasteiger partial charge on any atom is 0.306 e. The molecule has 1 saturated carbocycles. The number of carboxylic acids is 1. The lowest BCUT2D eigenvalue weighted by Crippen LogP contribution is -2.28. The minimum atomic E-state index is -0.673. The van der Waals surface area contributed by atoms with Crippen molar-refractivity contribution >= 4 is 21.9 Å². The Labute approximate surface area is 127 Å². The Morgan fingerprint density at radius 1 is 1.50 bits per heavy atom. The Hall–Kier alpha value is -0.940. The largest absolute Gasteiger partial charge is 0.481 e. The van der Waals surface area contributed by atoms with Gasteiger partial charge in [0.05, 0.1) is 17.7 Å². The number of hydrogen-bond acceptors (Lipinski definition) is 3. The Kier molecular flexibility index (Phi) is 5.54. The number of rotatable bonds is 5. The maximum atomic E-state index is 11.4. The lowest BCUT2D eigenvalue weighted by atomic mass is 9.76. The van der Waals surface area contributed by atoms with Crippen LogP contribution in [-0.2, 0) is 9.53 Å². The molecule has 5 heteroatoms. The molecule has 0 aromatic carbocycles. The second-order valence-corrected chi connectivity index (χ2v) is 6.27. The van der Waals surface area contributed by atoms with Gasteiger partial charge in [0.2, 0.25) is 0 Å². The zero-order chi connectivity index (χ0) is 14.5. The fourth-order valence-corrected chi connectivity index (χ4v) is 3.24. The van der Waals surface area contributed by atoms with Crippen LogP contribution in [0.4, 0.5) is 0 Å². The number of pyridine rings is 1. The highest BCUT2D eigenvalue weighted by molar-refractivity contribution is 9.10. The fraction of sp³-hybridized carbons (Fsp3) is 0.600. The molecule has 0 aliphatic heterocycles. The molecule has 1 aliphatic carbocycles. The number of methoxy groups -OCH3 is 1. The summed E-state index contributed by atoms with van der Waals surface area (Å²) in [5.74, 6) is -0.734. The summed E-state index contributed by atoms with van der Waals surface area (Å²) >= 11 is 3.36. The molecule has 3 atom stereocenters. The van der Waals surface area contributed by atoms with Gasteiger partial charge >= 0.3 is 5.97 Å². The van der Waals surface area contributed by atoms with Crippen LogP contribution in [0.1, 0.15) is 43.9 Å². The minimum Gasteiger partial charge on any atom is -0.481 e. The van der Waals surface area contributed by atoms with Gasteiger partial charge in [-0.1, -0.05) is 12.8 Å². The van der Waals surface area contributed by atoms with E-state index in [0.29, 0.717) is 0 Å². The van der Waals surface area contributed by atoms with E-state index in [9.17, 15) is 9.90 Å². The Morgan fingerprint density at radius 3 is 2.85 bits per heavy atom.